The van der Waals surface area contributed by atoms with Gasteiger partial charge in [-0.25, -0.2) is 0 Å². The van der Waals surface area contributed by atoms with E-state index in [2.05, 4.69) is 0 Å². The number of hydrogen-bond acceptors (Lipinski definition) is 2. The molecule has 64 valence electrons. The van der Waals surface area contributed by atoms with E-state index in [1.54, 1.807) is 0 Å². The van der Waals surface area contributed by atoms with Crippen molar-refractivity contribution in [3.05, 3.63) is 0 Å². The van der Waals surface area contributed by atoms with E-state index in [1.807, 2.05) is 14.2 Å². The normalized spacial score (nSPS) is 16.2. The molecule has 0 aliphatic carbocycles. The van der Waals surface area contributed by atoms with Crippen LogP contribution in [0.5, 0.6) is 0 Å². The van der Waals surface area contributed by atoms with E-state index in [1.165, 1.54) is 20.7 Å². The van der Waals surface area contributed by atoms with Crippen molar-refractivity contribution < 1.29 is 61.7 Å². The van der Waals surface area contributed by atoms with Gasteiger partial charge in [0.05, 0.1) is 0 Å². The van der Waals surface area contributed by atoms with Crippen molar-refractivity contribution in [3.63, 3.8) is 0 Å². The molecule has 0 bridgehead atoms. The van der Waals surface area contributed by atoms with Crippen LogP contribution in [-0.4, -0.2) is 26.4 Å². The third-order valence-corrected chi connectivity index (χ3v) is 7.13. The van der Waals surface area contributed by atoms with Gasteiger partial charge >= 0.3 is 109 Å². The van der Waals surface area contributed by atoms with Gasteiger partial charge < -0.3 is 0 Å². The molecule has 0 N–H and O–H groups in total. The van der Waals surface area contributed by atoms with E-state index in [0.717, 1.165) is 52.2 Å². The van der Waals surface area contributed by atoms with Gasteiger partial charge in [-0.05, 0) is 0 Å². The van der Waals surface area contributed by atoms with Crippen LogP contribution in [0.15, 0.2) is 0 Å². The van der Waals surface area contributed by atoms with Gasteiger partial charge in [0, 0.05) is 0 Å². The van der Waals surface area contributed by atoms with Crippen LogP contribution < -0.4 is 0 Å². The molecule has 2 nitrogen and oxygen atoms in total. The first kappa shape index (κ1) is 13.8. The van der Waals surface area contributed by atoms with Crippen LogP contribution in [-0.2, 0) is 61.7 Å². The Hall–Kier alpha value is 1.79. The van der Waals surface area contributed by atoms with Gasteiger partial charge in [0.2, 0.25) is 0 Å². The first-order chi connectivity index (χ1) is 5.78. The summed E-state index contributed by atoms with van der Waals surface area (Å²) in [5.74, 6) is 0. The monoisotopic (exact) mass is 548 g/mol. The summed E-state index contributed by atoms with van der Waals surface area (Å²) in [6, 6.07) is 0. The molecule has 2 atom stereocenters. The van der Waals surface area contributed by atoms with Crippen molar-refractivity contribution in [1.29, 1.82) is 0 Å². The Morgan fingerprint density at radius 2 is 1.25 bits per heavy atom. The Bertz CT molecular complexity index is 81.1. The molecule has 12 heavy (non-hydrogen) atoms. The summed E-state index contributed by atoms with van der Waals surface area (Å²) in [6.07, 6.45) is 3.42. The number of ether oxygens (including phenoxy) is 2. The molecule has 0 rings (SSSR count). The molecule has 0 aromatic rings. The van der Waals surface area contributed by atoms with Crippen molar-refractivity contribution in [2.45, 2.75) is 32.9 Å². The zero-order chi connectivity index (χ0) is 9.40. The van der Waals surface area contributed by atoms with Crippen LogP contribution in [0.4, 0.5) is 0 Å². The number of methoxy groups -OCH3 is 2. The zero-order valence-electron chi connectivity index (χ0n) is 8.21. The maximum absolute atomic E-state index is 5.35. The predicted molar refractivity (Wildman–Crippen MR) is 40.4 cm³/mol. The maximum atomic E-state index is 5.35. The second-order valence-corrected chi connectivity index (χ2v) is 7.36. The molecule has 0 aromatic heterocycles. The average molecular weight is 545 g/mol. The van der Waals surface area contributed by atoms with E-state index in [4.69, 9.17) is 9.47 Å². The molecular formula is C8H16Hg2O2. The second-order valence-electron chi connectivity index (χ2n) is 2.87. The molecule has 0 radical (unpaired) electrons. The van der Waals surface area contributed by atoms with Crippen molar-refractivity contribution >= 4 is 0 Å². The van der Waals surface area contributed by atoms with E-state index in [-0.39, 0.29) is 0 Å². The Labute approximate surface area is 108 Å². The Morgan fingerprint density at radius 3 is 1.42 bits per heavy atom. The van der Waals surface area contributed by atoms with E-state index in [0.29, 0.717) is 12.2 Å². The molecule has 4 heteroatoms. The standard InChI is InChI=1S/C8H16O2.2Hg/c1-7(9-3)5-6-8(2)10-4;;/h7-8H,1-2,5-6H2,3-4H3;;. The molecule has 0 amide bonds. The van der Waals surface area contributed by atoms with Crippen LogP contribution in [0.3, 0.4) is 0 Å². The summed E-state index contributed by atoms with van der Waals surface area (Å²) in [5.41, 5.74) is 0. The SMILES string of the molecule is COC([CH2][Hg])CCC([CH2][Hg])OC. The molecule has 0 aliphatic heterocycles. The second kappa shape index (κ2) is 9.35. The van der Waals surface area contributed by atoms with Crippen LogP contribution in [0.25, 0.3) is 0 Å². The Kier molecular flexibility index (Phi) is 10.7. The topological polar surface area (TPSA) is 18.5 Å². The molecule has 0 spiro atoms. The number of rotatable bonds is 7. The van der Waals surface area contributed by atoms with Crippen molar-refractivity contribution in [2.24, 2.45) is 0 Å². The summed E-state index contributed by atoms with van der Waals surface area (Å²) in [7, 11) is 3.65. The van der Waals surface area contributed by atoms with Gasteiger partial charge in [-0.2, -0.15) is 0 Å². The first-order valence-corrected chi connectivity index (χ1v) is 12.2. The van der Waals surface area contributed by atoms with Crippen molar-refractivity contribution in [3.8, 4) is 0 Å². The van der Waals surface area contributed by atoms with Crippen LogP contribution in [0.2, 0.25) is 7.86 Å². The molecule has 2 unspecified atom stereocenters. The van der Waals surface area contributed by atoms with Crippen LogP contribution in [0, 0.1) is 0 Å². The summed E-state index contributed by atoms with van der Waals surface area (Å²) in [5, 5.41) is 0. The van der Waals surface area contributed by atoms with Gasteiger partial charge in [-0.1, -0.05) is 0 Å². The molecule has 0 heterocycles. The molecule has 0 saturated carbocycles. The molecular weight excluding hydrogens is 529 g/mol. The van der Waals surface area contributed by atoms with Gasteiger partial charge in [0.1, 0.15) is 0 Å². The van der Waals surface area contributed by atoms with Crippen molar-refractivity contribution in [1.82, 2.24) is 0 Å². The minimum absolute atomic E-state index is 0.519. The Balaban J connectivity index is 3.49. The fraction of sp³-hybridized carbons (Fsp3) is 1.00. The van der Waals surface area contributed by atoms with Gasteiger partial charge in [-0.15, -0.1) is 0 Å². The van der Waals surface area contributed by atoms with Gasteiger partial charge in [-0.3, -0.25) is 0 Å². The summed E-state index contributed by atoms with van der Waals surface area (Å²) < 4.78 is 13.3. The molecule has 0 saturated heterocycles. The molecule has 0 aromatic carbocycles. The van der Waals surface area contributed by atoms with Gasteiger partial charge in [0.15, 0.2) is 0 Å². The molecule has 0 aliphatic rings. The third kappa shape index (κ3) is 6.28. The fourth-order valence-corrected chi connectivity index (χ4v) is 5.21. The quantitative estimate of drug-likeness (QED) is 0.454. The van der Waals surface area contributed by atoms with E-state index < -0.39 is 0 Å². The van der Waals surface area contributed by atoms with Gasteiger partial charge in [0.25, 0.3) is 0 Å². The summed E-state index contributed by atoms with van der Waals surface area (Å²) in [4.78, 5) is 0. The fourth-order valence-electron chi connectivity index (χ4n) is 1.13. The van der Waals surface area contributed by atoms with Crippen LogP contribution >= 0.6 is 0 Å². The average Bonchev–Trinajstić information content (AvgIpc) is 2.13. The van der Waals surface area contributed by atoms with E-state index >= 15 is 0 Å². The first-order valence-electron chi connectivity index (χ1n) is 4.42. The predicted octanol–water partition coefficient (Wildman–Crippen LogP) is 1.73. The number of hydrogen-bond donors (Lipinski definition) is 0. The summed E-state index contributed by atoms with van der Waals surface area (Å²) >= 11 is 1.74. The zero-order valence-corrected chi connectivity index (χ0v) is 19.2. The van der Waals surface area contributed by atoms with Crippen molar-refractivity contribution in [2.75, 3.05) is 14.2 Å². The minimum atomic E-state index is 0.519. The third-order valence-electron chi connectivity index (χ3n) is 2.12. The van der Waals surface area contributed by atoms with Crippen LogP contribution in [0.1, 0.15) is 12.8 Å². The summed E-state index contributed by atoms with van der Waals surface area (Å²) in [6.45, 7) is 0. The molecule has 0 fully saturated rings. The van der Waals surface area contributed by atoms with E-state index in [9.17, 15) is 0 Å². The Morgan fingerprint density at radius 1 is 0.917 bits per heavy atom.